The summed E-state index contributed by atoms with van der Waals surface area (Å²) < 4.78 is 5.25. The van der Waals surface area contributed by atoms with Gasteiger partial charge >= 0.3 is 5.97 Å². The summed E-state index contributed by atoms with van der Waals surface area (Å²) in [4.78, 5) is 34.2. The predicted octanol–water partition coefficient (Wildman–Crippen LogP) is 4.42. The lowest BCUT2D eigenvalue weighted by Crippen LogP contribution is -2.16. The third kappa shape index (κ3) is 4.76. The molecule has 1 amide bonds. The van der Waals surface area contributed by atoms with Crippen LogP contribution >= 0.6 is 23.1 Å². The lowest BCUT2D eigenvalue weighted by Gasteiger charge is -2.09. The van der Waals surface area contributed by atoms with Crippen molar-refractivity contribution < 1.29 is 14.3 Å². The number of aryl methyl sites for hydroxylation is 1. The van der Waals surface area contributed by atoms with Gasteiger partial charge in [0.1, 0.15) is 10.6 Å². The van der Waals surface area contributed by atoms with Crippen LogP contribution in [0.15, 0.2) is 53.9 Å². The fourth-order valence-corrected chi connectivity index (χ4v) is 4.32. The Hall–Kier alpha value is -2.71. The first-order valence-corrected chi connectivity index (χ1v) is 10.5. The van der Waals surface area contributed by atoms with Gasteiger partial charge in [0.2, 0.25) is 5.91 Å². The number of hydrogen-bond donors (Lipinski definition) is 1. The molecule has 2 heterocycles. The number of benzene rings is 1. The van der Waals surface area contributed by atoms with E-state index in [4.69, 9.17) is 4.74 Å². The number of thioether (sulfide) groups is 1. The molecule has 3 rings (SSSR count). The number of carbonyl (C=O) groups is 2. The average Bonchev–Trinajstić information content (AvgIpc) is 3.03. The van der Waals surface area contributed by atoms with Gasteiger partial charge in [-0.3, -0.25) is 4.79 Å². The highest BCUT2D eigenvalue weighted by Gasteiger charge is 2.25. The van der Waals surface area contributed by atoms with Gasteiger partial charge in [-0.25, -0.2) is 14.8 Å². The normalized spacial score (nSPS) is 10.5. The topological polar surface area (TPSA) is 81.2 Å². The van der Waals surface area contributed by atoms with E-state index < -0.39 is 5.97 Å². The number of thiophene rings is 1. The summed E-state index contributed by atoms with van der Waals surface area (Å²) in [5.74, 6) is -0.534. The van der Waals surface area contributed by atoms with Crippen molar-refractivity contribution in [1.29, 1.82) is 0 Å². The van der Waals surface area contributed by atoms with Gasteiger partial charge < -0.3 is 10.1 Å². The van der Waals surface area contributed by atoms with Crippen molar-refractivity contribution in [2.24, 2.45) is 0 Å². The number of hydrogen-bond acceptors (Lipinski definition) is 7. The number of nitrogens with zero attached hydrogens (tertiary/aromatic N) is 2. The van der Waals surface area contributed by atoms with Crippen LogP contribution in [0, 0.1) is 6.92 Å². The van der Waals surface area contributed by atoms with Crippen molar-refractivity contribution in [3.05, 3.63) is 59.2 Å². The van der Waals surface area contributed by atoms with Gasteiger partial charge in [0.05, 0.1) is 12.4 Å². The van der Waals surface area contributed by atoms with Crippen molar-refractivity contribution in [2.75, 3.05) is 17.7 Å². The van der Waals surface area contributed by atoms with Crippen LogP contribution in [0.4, 0.5) is 5.00 Å². The largest absolute Gasteiger partial charge is 0.462 e. The molecule has 0 aliphatic heterocycles. The average molecular weight is 414 g/mol. The second kappa shape index (κ2) is 9.48. The van der Waals surface area contributed by atoms with Crippen LogP contribution in [0.2, 0.25) is 0 Å². The van der Waals surface area contributed by atoms with E-state index in [-0.39, 0.29) is 18.3 Å². The fraction of sp³-hybridized carbons (Fsp3) is 0.200. The Morgan fingerprint density at radius 1 is 1.14 bits per heavy atom. The second-order valence-corrected chi connectivity index (χ2v) is 7.86. The molecule has 6 nitrogen and oxygen atoms in total. The van der Waals surface area contributed by atoms with Gasteiger partial charge in [0.25, 0.3) is 0 Å². The van der Waals surface area contributed by atoms with Gasteiger partial charge in [0, 0.05) is 22.8 Å². The Bertz CT molecular complexity index is 960. The molecular weight excluding hydrogens is 394 g/mol. The van der Waals surface area contributed by atoms with Crippen LogP contribution in [-0.2, 0) is 9.53 Å². The highest BCUT2D eigenvalue weighted by Crippen LogP contribution is 2.40. The molecule has 144 valence electrons. The van der Waals surface area contributed by atoms with Crippen LogP contribution in [0.5, 0.6) is 0 Å². The molecule has 0 saturated heterocycles. The third-order valence-electron chi connectivity index (χ3n) is 3.75. The molecule has 1 N–H and O–H groups in total. The Morgan fingerprint density at radius 2 is 1.86 bits per heavy atom. The first-order valence-electron chi connectivity index (χ1n) is 8.65. The summed E-state index contributed by atoms with van der Waals surface area (Å²) in [6.07, 6.45) is 3.25. The summed E-state index contributed by atoms with van der Waals surface area (Å²) in [6.45, 7) is 3.95. The van der Waals surface area contributed by atoms with E-state index in [0.717, 1.165) is 16.0 Å². The fourth-order valence-electron chi connectivity index (χ4n) is 2.64. The molecule has 0 unspecified atom stereocenters. The van der Waals surface area contributed by atoms with E-state index in [2.05, 4.69) is 15.3 Å². The lowest BCUT2D eigenvalue weighted by atomic mass is 10.0. The lowest BCUT2D eigenvalue weighted by molar-refractivity contribution is -0.113. The SMILES string of the molecule is CCOC(=O)c1c(NC(=O)CSc2ncccn2)sc(C)c1-c1ccccc1. The van der Waals surface area contributed by atoms with E-state index in [1.165, 1.54) is 23.1 Å². The van der Waals surface area contributed by atoms with Gasteiger partial charge in [-0.1, -0.05) is 42.1 Å². The smallest absolute Gasteiger partial charge is 0.341 e. The summed E-state index contributed by atoms with van der Waals surface area (Å²) in [5.41, 5.74) is 2.09. The number of ether oxygens (including phenoxy) is 1. The van der Waals surface area contributed by atoms with Crippen LogP contribution < -0.4 is 5.32 Å². The number of amides is 1. The molecule has 0 fully saturated rings. The second-order valence-electron chi connectivity index (χ2n) is 5.69. The van der Waals surface area contributed by atoms with Gasteiger partial charge in [-0.2, -0.15) is 0 Å². The molecule has 0 bridgehead atoms. The Kier molecular flexibility index (Phi) is 6.78. The van der Waals surface area contributed by atoms with Gasteiger partial charge in [-0.05, 0) is 25.5 Å². The highest BCUT2D eigenvalue weighted by molar-refractivity contribution is 7.99. The number of rotatable bonds is 7. The van der Waals surface area contributed by atoms with E-state index in [0.29, 0.717) is 15.7 Å². The zero-order chi connectivity index (χ0) is 19.9. The minimum Gasteiger partial charge on any atom is -0.462 e. The molecule has 0 radical (unpaired) electrons. The summed E-state index contributed by atoms with van der Waals surface area (Å²) in [7, 11) is 0. The standard InChI is InChI=1S/C20H19N3O3S2/c1-3-26-19(25)17-16(14-8-5-4-6-9-14)13(2)28-18(17)23-15(24)12-27-20-21-10-7-11-22-20/h4-11H,3,12H2,1-2H3,(H,23,24). The molecule has 0 aliphatic carbocycles. The van der Waals surface area contributed by atoms with Crippen LogP contribution in [-0.4, -0.2) is 34.2 Å². The maximum Gasteiger partial charge on any atom is 0.341 e. The molecule has 28 heavy (non-hydrogen) atoms. The van der Waals surface area contributed by atoms with Crippen LogP contribution in [0.25, 0.3) is 11.1 Å². The number of anilines is 1. The van der Waals surface area contributed by atoms with Crippen LogP contribution in [0.3, 0.4) is 0 Å². The number of nitrogens with one attached hydrogen (secondary N) is 1. The minimum atomic E-state index is -0.444. The molecule has 2 aromatic heterocycles. The highest BCUT2D eigenvalue weighted by atomic mass is 32.2. The van der Waals surface area contributed by atoms with Gasteiger partial charge in [-0.15, -0.1) is 11.3 Å². The zero-order valence-electron chi connectivity index (χ0n) is 15.5. The van der Waals surface area contributed by atoms with Crippen molar-refractivity contribution in [2.45, 2.75) is 19.0 Å². The Morgan fingerprint density at radius 3 is 2.54 bits per heavy atom. The molecule has 0 atom stereocenters. The third-order valence-corrected chi connectivity index (χ3v) is 5.65. The Balaban J connectivity index is 1.85. The van der Waals surface area contributed by atoms with Crippen molar-refractivity contribution >= 4 is 40.0 Å². The molecule has 1 aromatic carbocycles. The molecule has 8 heteroatoms. The first-order chi connectivity index (χ1) is 13.6. The summed E-state index contributed by atoms with van der Waals surface area (Å²) >= 11 is 2.60. The van der Waals surface area contributed by atoms with E-state index in [1.54, 1.807) is 25.4 Å². The maximum atomic E-state index is 12.6. The predicted molar refractivity (Wildman–Crippen MR) is 112 cm³/mol. The summed E-state index contributed by atoms with van der Waals surface area (Å²) in [5, 5.41) is 3.87. The minimum absolute atomic E-state index is 0.143. The number of carbonyl (C=O) groups excluding carboxylic acids is 2. The zero-order valence-corrected chi connectivity index (χ0v) is 17.1. The van der Waals surface area contributed by atoms with Crippen molar-refractivity contribution in [3.63, 3.8) is 0 Å². The molecule has 3 aromatic rings. The molecule has 0 spiro atoms. The molecule has 0 aliphatic rings. The number of aromatic nitrogens is 2. The summed E-state index contributed by atoms with van der Waals surface area (Å²) in [6, 6.07) is 11.3. The van der Waals surface area contributed by atoms with Crippen molar-refractivity contribution in [1.82, 2.24) is 9.97 Å². The quantitative estimate of drug-likeness (QED) is 0.351. The molecule has 0 saturated carbocycles. The van der Waals surface area contributed by atoms with E-state index >= 15 is 0 Å². The Labute approximate surface area is 171 Å². The maximum absolute atomic E-state index is 12.6. The van der Waals surface area contributed by atoms with Crippen molar-refractivity contribution in [3.8, 4) is 11.1 Å². The monoisotopic (exact) mass is 413 g/mol. The van der Waals surface area contributed by atoms with E-state index in [1.807, 2.05) is 37.3 Å². The van der Waals surface area contributed by atoms with Gasteiger partial charge in [0.15, 0.2) is 5.16 Å². The van der Waals surface area contributed by atoms with Crippen LogP contribution in [0.1, 0.15) is 22.2 Å². The first kappa shape index (κ1) is 20.0. The molecular formula is C20H19N3O3S2. The van der Waals surface area contributed by atoms with E-state index in [9.17, 15) is 9.59 Å². The number of esters is 1.